The standard InChI is InChI=1S/C17H23N3O4S/c1-11-10-15(19-24-11)18-16(21)12(2)20-25(22,23)14-8-6-13(7-9-14)17(3,4)5/h6-10,12,20H,1-5H3,(H,18,19,21)/t12-/m1/s1. The molecule has 25 heavy (non-hydrogen) atoms. The first kappa shape index (κ1) is 19.1. The number of amides is 1. The molecular weight excluding hydrogens is 342 g/mol. The van der Waals surface area contributed by atoms with E-state index in [0.717, 1.165) is 5.56 Å². The van der Waals surface area contributed by atoms with Crippen molar-refractivity contribution in [2.75, 3.05) is 5.32 Å². The van der Waals surface area contributed by atoms with Crippen LogP contribution in [0.5, 0.6) is 0 Å². The van der Waals surface area contributed by atoms with Gasteiger partial charge >= 0.3 is 0 Å². The summed E-state index contributed by atoms with van der Waals surface area (Å²) >= 11 is 0. The van der Waals surface area contributed by atoms with Crippen LogP contribution in [0.2, 0.25) is 0 Å². The molecule has 7 nitrogen and oxygen atoms in total. The number of aromatic nitrogens is 1. The van der Waals surface area contributed by atoms with E-state index in [9.17, 15) is 13.2 Å². The second-order valence-electron chi connectivity index (χ2n) is 6.93. The fourth-order valence-corrected chi connectivity index (χ4v) is 3.35. The number of carbonyl (C=O) groups is 1. The van der Waals surface area contributed by atoms with E-state index < -0.39 is 22.0 Å². The zero-order valence-corrected chi connectivity index (χ0v) is 15.8. The van der Waals surface area contributed by atoms with Crippen LogP contribution in [0.25, 0.3) is 0 Å². The lowest BCUT2D eigenvalue weighted by molar-refractivity contribution is -0.117. The summed E-state index contributed by atoms with van der Waals surface area (Å²) in [5.74, 6) is 0.258. The first-order chi connectivity index (χ1) is 11.5. The van der Waals surface area contributed by atoms with Crippen LogP contribution < -0.4 is 10.0 Å². The molecule has 8 heteroatoms. The van der Waals surface area contributed by atoms with E-state index in [1.807, 2.05) is 20.8 Å². The Balaban J connectivity index is 2.08. The van der Waals surface area contributed by atoms with Crippen molar-refractivity contribution in [2.45, 2.75) is 51.0 Å². The normalized spacial score (nSPS) is 13.5. The van der Waals surface area contributed by atoms with Gasteiger partial charge in [-0.3, -0.25) is 4.79 Å². The van der Waals surface area contributed by atoms with Crippen molar-refractivity contribution in [1.29, 1.82) is 0 Å². The highest BCUT2D eigenvalue weighted by Gasteiger charge is 2.23. The van der Waals surface area contributed by atoms with Crippen molar-refractivity contribution < 1.29 is 17.7 Å². The van der Waals surface area contributed by atoms with Gasteiger partial charge in [0.15, 0.2) is 5.82 Å². The van der Waals surface area contributed by atoms with E-state index in [1.54, 1.807) is 25.1 Å². The van der Waals surface area contributed by atoms with Gasteiger partial charge in [0.25, 0.3) is 0 Å². The molecule has 0 aliphatic heterocycles. The number of hydrogen-bond donors (Lipinski definition) is 2. The third-order valence-electron chi connectivity index (χ3n) is 3.64. The highest BCUT2D eigenvalue weighted by atomic mass is 32.2. The monoisotopic (exact) mass is 365 g/mol. The lowest BCUT2D eigenvalue weighted by atomic mass is 9.87. The van der Waals surface area contributed by atoms with Crippen LogP contribution in [0.1, 0.15) is 39.0 Å². The summed E-state index contributed by atoms with van der Waals surface area (Å²) in [7, 11) is -3.81. The van der Waals surface area contributed by atoms with Gasteiger partial charge in [0.1, 0.15) is 5.76 Å². The van der Waals surface area contributed by atoms with E-state index in [4.69, 9.17) is 4.52 Å². The van der Waals surface area contributed by atoms with Crippen LogP contribution in [0.3, 0.4) is 0 Å². The van der Waals surface area contributed by atoms with Gasteiger partial charge in [-0.05, 0) is 37.0 Å². The van der Waals surface area contributed by atoms with Gasteiger partial charge in [-0.2, -0.15) is 4.72 Å². The predicted octanol–water partition coefficient (Wildman–Crippen LogP) is 2.59. The largest absolute Gasteiger partial charge is 0.360 e. The Morgan fingerprint density at radius 3 is 2.28 bits per heavy atom. The van der Waals surface area contributed by atoms with Crippen molar-refractivity contribution in [2.24, 2.45) is 0 Å². The number of carbonyl (C=O) groups excluding carboxylic acids is 1. The predicted molar refractivity (Wildman–Crippen MR) is 94.8 cm³/mol. The Kier molecular flexibility index (Phi) is 5.34. The van der Waals surface area contributed by atoms with Gasteiger partial charge in [-0.1, -0.05) is 38.1 Å². The Bertz CT molecular complexity index is 849. The number of nitrogens with one attached hydrogen (secondary N) is 2. The summed E-state index contributed by atoms with van der Waals surface area (Å²) in [6.07, 6.45) is 0. The van der Waals surface area contributed by atoms with E-state index in [-0.39, 0.29) is 16.1 Å². The van der Waals surface area contributed by atoms with Crippen LogP contribution in [0.4, 0.5) is 5.82 Å². The maximum absolute atomic E-state index is 12.4. The molecule has 2 aromatic rings. The number of rotatable bonds is 5. The minimum absolute atomic E-state index is 0.0708. The zero-order valence-electron chi connectivity index (χ0n) is 15.0. The Hall–Kier alpha value is -2.19. The first-order valence-corrected chi connectivity index (χ1v) is 9.34. The van der Waals surface area contributed by atoms with Crippen LogP contribution in [0.15, 0.2) is 39.8 Å². The number of anilines is 1. The molecule has 0 fully saturated rings. The smallest absolute Gasteiger partial charge is 0.243 e. The molecule has 1 atom stereocenters. The maximum atomic E-state index is 12.4. The van der Waals surface area contributed by atoms with E-state index in [0.29, 0.717) is 5.76 Å². The average Bonchev–Trinajstić information content (AvgIpc) is 2.91. The van der Waals surface area contributed by atoms with Crippen molar-refractivity contribution in [3.63, 3.8) is 0 Å². The topological polar surface area (TPSA) is 101 Å². The summed E-state index contributed by atoms with van der Waals surface area (Å²) in [6, 6.07) is 7.20. The van der Waals surface area contributed by atoms with Gasteiger partial charge < -0.3 is 9.84 Å². The molecule has 1 heterocycles. The van der Waals surface area contributed by atoms with Crippen molar-refractivity contribution in [3.8, 4) is 0 Å². The lowest BCUT2D eigenvalue weighted by Crippen LogP contribution is -2.41. The highest BCUT2D eigenvalue weighted by Crippen LogP contribution is 2.23. The zero-order chi connectivity index (χ0) is 18.8. The van der Waals surface area contributed by atoms with Gasteiger partial charge in [-0.25, -0.2) is 8.42 Å². The quantitative estimate of drug-likeness (QED) is 0.848. The van der Waals surface area contributed by atoms with Crippen molar-refractivity contribution >= 4 is 21.7 Å². The summed E-state index contributed by atoms with van der Waals surface area (Å²) in [6.45, 7) is 9.30. The minimum atomic E-state index is -3.81. The molecule has 136 valence electrons. The SMILES string of the molecule is Cc1cc(NC(=O)[C@@H](C)NS(=O)(=O)c2ccc(C(C)(C)C)cc2)no1. The summed E-state index contributed by atoms with van der Waals surface area (Å²) in [5.41, 5.74) is 0.956. The molecule has 0 saturated heterocycles. The number of benzene rings is 1. The Morgan fingerprint density at radius 1 is 1.20 bits per heavy atom. The third kappa shape index (κ3) is 4.90. The molecule has 1 aromatic heterocycles. The van der Waals surface area contributed by atoms with Crippen LogP contribution in [0, 0.1) is 6.92 Å². The molecule has 0 aliphatic carbocycles. The molecule has 1 aromatic carbocycles. The van der Waals surface area contributed by atoms with Crippen molar-refractivity contribution in [1.82, 2.24) is 9.88 Å². The van der Waals surface area contributed by atoms with E-state index >= 15 is 0 Å². The molecule has 2 rings (SSSR count). The number of hydrogen-bond acceptors (Lipinski definition) is 5. The summed E-state index contributed by atoms with van der Waals surface area (Å²) < 4.78 is 32.1. The maximum Gasteiger partial charge on any atom is 0.243 e. The van der Waals surface area contributed by atoms with Gasteiger partial charge in [0.2, 0.25) is 15.9 Å². The number of sulfonamides is 1. The highest BCUT2D eigenvalue weighted by molar-refractivity contribution is 7.89. The Morgan fingerprint density at radius 2 is 1.80 bits per heavy atom. The van der Waals surface area contributed by atoms with Crippen LogP contribution in [-0.2, 0) is 20.2 Å². The van der Waals surface area contributed by atoms with Gasteiger partial charge in [0.05, 0.1) is 10.9 Å². The molecule has 2 N–H and O–H groups in total. The van der Waals surface area contributed by atoms with Crippen LogP contribution in [-0.4, -0.2) is 25.5 Å². The Labute approximate surface area is 147 Å². The molecule has 0 radical (unpaired) electrons. The second-order valence-corrected chi connectivity index (χ2v) is 8.64. The fraction of sp³-hybridized carbons (Fsp3) is 0.412. The summed E-state index contributed by atoms with van der Waals surface area (Å²) in [4.78, 5) is 12.2. The first-order valence-electron chi connectivity index (χ1n) is 7.86. The number of nitrogens with zero attached hydrogens (tertiary/aromatic N) is 1. The molecule has 0 saturated carbocycles. The third-order valence-corrected chi connectivity index (χ3v) is 5.19. The summed E-state index contributed by atoms with van der Waals surface area (Å²) in [5, 5.41) is 6.14. The molecule has 0 aliphatic rings. The van der Waals surface area contributed by atoms with Gasteiger partial charge in [0, 0.05) is 6.07 Å². The van der Waals surface area contributed by atoms with Crippen molar-refractivity contribution in [3.05, 3.63) is 41.7 Å². The van der Waals surface area contributed by atoms with Gasteiger partial charge in [-0.15, -0.1) is 0 Å². The molecule has 0 bridgehead atoms. The second kappa shape index (κ2) is 6.97. The number of aryl methyl sites for hydroxylation is 1. The average molecular weight is 365 g/mol. The van der Waals surface area contributed by atoms with E-state index in [1.165, 1.54) is 19.1 Å². The molecule has 1 amide bonds. The van der Waals surface area contributed by atoms with E-state index in [2.05, 4.69) is 15.2 Å². The minimum Gasteiger partial charge on any atom is -0.360 e. The fourth-order valence-electron chi connectivity index (χ4n) is 2.15. The molecule has 0 spiro atoms. The molecular formula is C17H23N3O4S. The molecule has 0 unspecified atom stereocenters. The van der Waals surface area contributed by atoms with Crippen LogP contribution >= 0.6 is 0 Å². The lowest BCUT2D eigenvalue weighted by Gasteiger charge is -2.19.